The molecule has 4 fully saturated rings. The molecule has 178 valence electrons. The summed E-state index contributed by atoms with van der Waals surface area (Å²) in [4.78, 5) is 61.4. The van der Waals surface area contributed by atoms with E-state index < -0.39 is 17.4 Å². The molecule has 0 N–H and O–H groups in total. The first kappa shape index (κ1) is 23.1. The van der Waals surface area contributed by atoms with E-state index in [9.17, 15) is 19.2 Å². The van der Waals surface area contributed by atoms with Gasteiger partial charge in [-0.1, -0.05) is 0 Å². The van der Waals surface area contributed by atoms with Crippen LogP contribution in [0.25, 0.3) is 0 Å². The standard InChI is InChI=1S/C24H38N4O4/c29-20(25-13-5-1-6-14-25)21(30)28-19-11-4-12-24(28,22(31)26-15-7-2-8-16-26)23(32)27-17-9-3-10-18-27/h1-19H2. The minimum atomic E-state index is -1.56. The molecule has 8 nitrogen and oxygen atoms in total. The summed E-state index contributed by atoms with van der Waals surface area (Å²) in [6.07, 6.45) is 10.4. The molecule has 32 heavy (non-hydrogen) atoms. The van der Waals surface area contributed by atoms with Crippen molar-refractivity contribution in [3.63, 3.8) is 0 Å². The predicted octanol–water partition coefficient (Wildman–Crippen LogP) is 1.78. The smallest absolute Gasteiger partial charge is 0.313 e. The maximum absolute atomic E-state index is 14.0. The second-order valence-electron chi connectivity index (χ2n) is 9.83. The van der Waals surface area contributed by atoms with E-state index in [0.29, 0.717) is 58.5 Å². The molecule has 0 aromatic carbocycles. The van der Waals surface area contributed by atoms with E-state index in [1.54, 1.807) is 14.7 Å². The number of carbonyl (C=O) groups excluding carboxylic acids is 4. The third-order valence-electron chi connectivity index (χ3n) is 7.70. The molecule has 0 atom stereocenters. The number of amides is 4. The molecule has 4 heterocycles. The van der Waals surface area contributed by atoms with Crippen LogP contribution in [0.2, 0.25) is 0 Å². The summed E-state index contributed by atoms with van der Waals surface area (Å²) >= 11 is 0. The van der Waals surface area contributed by atoms with Crippen LogP contribution in [0.4, 0.5) is 0 Å². The Bertz CT molecular complexity index is 692. The molecule has 4 amide bonds. The van der Waals surface area contributed by atoms with Gasteiger partial charge in [0.25, 0.3) is 11.8 Å². The number of rotatable bonds is 2. The fourth-order valence-corrected chi connectivity index (χ4v) is 5.85. The highest BCUT2D eigenvalue weighted by Crippen LogP contribution is 2.35. The highest BCUT2D eigenvalue weighted by atomic mass is 16.2. The number of nitrogens with zero attached hydrogens (tertiary/aromatic N) is 4. The first-order chi connectivity index (χ1) is 15.6. The number of hydrogen-bond donors (Lipinski definition) is 0. The Balaban J connectivity index is 1.67. The van der Waals surface area contributed by atoms with E-state index in [-0.39, 0.29) is 18.4 Å². The number of piperidine rings is 4. The lowest BCUT2D eigenvalue weighted by Crippen LogP contribution is -2.72. The summed E-state index contributed by atoms with van der Waals surface area (Å²) in [6.45, 7) is 3.92. The summed E-state index contributed by atoms with van der Waals surface area (Å²) in [7, 11) is 0. The van der Waals surface area contributed by atoms with Gasteiger partial charge in [0, 0.05) is 45.8 Å². The van der Waals surface area contributed by atoms with Crippen molar-refractivity contribution in [3.8, 4) is 0 Å². The van der Waals surface area contributed by atoms with Gasteiger partial charge in [0.15, 0.2) is 0 Å². The van der Waals surface area contributed by atoms with Crippen molar-refractivity contribution in [2.24, 2.45) is 0 Å². The van der Waals surface area contributed by atoms with E-state index in [4.69, 9.17) is 0 Å². The third kappa shape index (κ3) is 4.37. The third-order valence-corrected chi connectivity index (χ3v) is 7.70. The van der Waals surface area contributed by atoms with Gasteiger partial charge in [0.2, 0.25) is 5.54 Å². The van der Waals surface area contributed by atoms with Gasteiger partial charge in [0.05, 0.1) is 0 Å². The van der Waals surface area contributed by atoms with Crippen LogP contribution in [0.15, 0.2) is 0 Å². The fourth-order valence-electron chi connectivity index (χ4n) is 5.85. The molecule has 0 spiro atoms. The maximum atomic E-state index is 14.0. The zero-order valence-electron chi connectivity index (χ0n) is 19.4. The summed E-state index contributed by atoms with van der Waals surface area (Å²) in [5.41, 5.74) is -1.56. The van der Waals surface area contributed by atoms with Gasteiger partial charge < -0.3 is 19.6 Å². The van der Waals surface area contributed by atoms with Crippen LogP contribution in [0.5, 0.6) is 0 Å². The molecular weight excluding hydrogens is 408 g/mol. The highest BCUT2D eigenvalue weighted by Gasteiger charge is 2.58. The van der Waals surface area contributed by atoms with Crippen molar-refractivity contribution >= 4 is 23.6 Å². The molecule has 4 aliphatic heterocycles. The summed E-state index contributed by atoms with van der Waals surface area (Å²) in [5, 5.41) is 0. The van der Waals surface area contributed by atoms with Crippen molar-refractivity contribution < 1.29 is 19.2 Å². The van der Waals surface area contributed by atoms with E-state index in [1.165, 1.54) is 4.90 Å². The second-order valence-corrected chi connectivity index (χ2v) is 9.83. The molecule has 0 bridgehead atoms. The molecule has 4 saturated heterocycles. The van der Waals surface area contributed by atoms with Crippen LogP contribution in [-0.2, 0) is 19.2 Å². The summed E-state index contributed by atoms with van der Waals surface area (Å²) in [6, 6.07) is 0. The SMILES string of the molecule is O=C(C(=O)N1CCCCC1(C(=O)N1CCCCC1)C(=O)N1CCCCC1)N1CCCCC1. The Morgan fingerprint density at radius 1 is 0.438 bits per heavy atom. The number of hydrogen-bond acceptors (Lipinski definition) is 4. The Labute approximate surface area is 191 Å². The van der Waals surface area contributed by atoms with Crippen LogP contribution in [0.1, 0.15) is 77.0 Å². The first-order valence-electron chi connectivity index (χ1n) is 12.8. The van der Waals surface area contributed by atoms with Gasteiger partial charge in [-0.05, 0) is 77.0 Å². The van der Waals surface area contributed by atoms with Crippen molar-refractivity contribution in [3.05, 3.63) is 0 Å². The number of likely N-dealkylation sites (tertiary alicyclic amines) is 4. The van der Waals surface area contributed by atoms with Crippen LogP contribution in [0, 0.1) is 0 Å². The highest BCUT2D eigenvalue weighted by molar-refractivity contribution is 6.36. The largest absolute Gasteiger partial charge is 0.340 e. The van der Waals surface area contributed by atoms with E-state index in [2.05, 4.69) is 0 Å². The molecule has 0 aromatic heterocycles. The minimum Gasteiger partial charge on any atom is -0.340 e. The minimum absolute atomic E-state index is 0.257. The van der Waals surface area contributed by atoms with Crippen LogP contribution in [0.3, 0.4) is 0 Å². The lowest BCUT2D eigenvalue weighted by Gasteiger charge is -2.49. The molecule has 0 aromatic rings. The quantitative estimate of drug-likeness (QED) is 0.478. The lowest BCUT2D eigenvalue weighted by atomic mass is 9.82. The topological polar surface area (TPSA) is 81.2 Å². The second kappa shape index (κ2) is 10.2. The van der Waals surface area contributed by atoms with Crippen LogP contribution < -0.4 is 0 Å². The fraction of sp³-hybridized carbons (Fsp3) is 0.833. The average molecular weight is 447 g/mol. The molecule has 0 saturated carbocycles. The monoisotopic (exact) mass is 446 g/mol. The zero-order chi connectivity index (χ0) is 22.6. The van der Waals surface area contributed by atoms with Gasteiger partial charge in [-0.3, -0.25) is 19.2 Å². The lowest BCUT2D eigenvalue weighted by molar-refractivity contribution is -0.173. The van der Waals surface area contributed by atoms with E-state index in [0.717, 1.165) is 57.8 Å². The number of carbonyl (C=O) groups is 4. The van der Waals surface area contributed by atoms with Crippen LogP contribution >= 0.6 is 0 Å². The normalized spacial score (nSPS) is 24.2. The van der Waals surface area contributed by atoms with Gasteiger partial charge in [0.1, 0.15) is 0 Å². The maximum Gasteiger partial charge on any atom is 0.313 e. The molecule has 0 radical (unpaired) electrons. The van der Waals surface area contributed by atoms with Gasteiger partial charge in [-0.2, -0.15) is 0 Å². The van der Waals surface area contributed by atoms with Crippen molar-refractivity contribution in [1.82, 2.24) is 19.6 Å². The average Bonchev–Trinajstić information content (AvgIpc) is 2.88. The predicted molar refractivity (Wildman–Crippen MR) is 120 cm³/mol. The Hall–Kier alpha value is -2.12. The molecule has 8 heteroatoms. The van der Waals surface area contributed by atoms with Gasteiger partial charge in [-0.15, -0.1) is 0 Å². The molecule has 0 aliphatic carbocycles. The van der Waals surface area contributed by atoms with Crippen molar-refractivity contribution in [2.75, 3.05) is 45.8 Å². The Morgan fingerprint density at radius 3 is 1.31 bits per heavy atom. The van der Waals surface area contributed by atoms with Crippen molar-refractivity contribution in [2.45, 2.75) is 82.6 Å². The Morgan fingerprint density at radius 2 is 0.844 bits per heavy atom. The zero-order valence-corrected chi connectivity index (χ0v) is 19.4. The molecule has 0 unspecified atom stereocenters. The van der Waals surface area contributed by atoms with Gasteiger partial charge in [-0.25, -0.2) is 0 Å². The summed E-state index contributed by atoms with van der Waals surface area (Å²) < 4.78 is 0. The molecule has 4 rings (SSSR count). The van der Waals surface area contributed by atoms with Gasteiger partial charge >= 0.3 is 11.8 Å². The first-order valence-corrected chi connectivity index (χ1v) is 12.8. The van der Waals surface area contributed by atoms with Crippen LogP contribution in [-0.4, -0.2) is 94.6 Å². The van der Waals surface area contributed by atoms with E-state index >= 15 is 0 Å². The Kier molecular flexibility index (Phi) is 7.36. The van der Waals surface area contributed by atoms with Crippen molar-refractivity contribution in [1.29, 1.82) is 0 Å². The van der Waals surface area contributed by atoms with E-state index in [1.807, 2.05) is 0 Å². The summed E-state index contributed by atoms with van der Waals surface area (Å²) in [5.74, 6) is -1.73. The molecule has 4 aliphatic rings. The molecular formula is C24H38N4O4.